The van der Waals surface area contributed by atoms with Gasteiger partial charge in [0.2, 0.25) is 0 Å². The highest BCUT2D eigenvalue weighted by molar-refractivity contribution is 5.96. The van der Waals surface area contributed by atoms with E-state index in [1.807, 2.05) is 18.2 Å². The van der Waals surface area contributed by atoms with Crippen LogP contribution in [0.25, 0.3) is 0 Å². The summed E-state index contributed by atoms with van der Waals surface area (Å²) in [4.78, 5) is 17.7. The van der Waals surface area contributed by atoms with Crippen LogP contribution < -0.4 is 10.8 Å². The van der Waals surface area contributed by atoms with Gasteiger partial charge in [-0.1, -0.05) is 18.9 Å². The Bertz CT molecular complexity index is 467. The van der Waals surface area contributed by atoms with Crippen molar-refractivity contribution in [2.75, 3.05) is 11.9 Å². The highest BCUT2D eigenvalue weighted by atomic mass is 16.7. The maximum Gasteiger partial charge on any atom is 0.275 e. The third-order valence-corrected chi connectivity index (χ3v) is 3.96. The molecule has 1 aromatic carbocycles. The molecule has 4 heteroatoms. The van der Waals surface area contributed by atoms with E-state index < -0.39 is 0 Å². The van der Waals surface area contributed by atoms with Gasteiger partial charge in [0.15, 0.2) is 0 Å². The van der Waals surface area contributed by atoms with Crippen LogP contribution in [0, 0.1) is 0 Å². The van der Waals surface area contributed by atoms with Crippen molar-refractivity contribution in [3.63, 3.8) is 0 Å². The smallest absolute Gasteiger partial charge is 0.275 e. The Morgan fingerprint density at radius 2 is 2.11 bits per heavy atom. The molecule has 1 aromatic rings. The van der Waals surface area contributed by atoms with Gasteiger partial charge in [-0.15, -0.1) is 0 Å². The van der Waals surface area contributed by atoms with Gasteiger partial charge in [0.1, 0.15) is 0 Å². The molecule has 0 atom stereocenters. The molecule has 1 aliphatic heterocycles. The predicted octanol–water partition coefficient (Wildman–Crippen LogP) is 2.65. The third kappa shape index (κ3) is 2.73. The van der Waals surface area contributed by atoms with Crippen molar-refractivity contribution in [2.45, 2.75) is 44.6 Å². The summed E-state index contributed by atoms with van der Waals surface area (Å²) in [6.07, 6.45) is 6.72. The van der Waals surface area contributed by atoms with Crippen molar-refractivity contribution < 1.29 is 9.63 Å². The predicted molar refractivity (Wildman–Crippen MR) is 74.1 cm³/mol. The average Bonchev–Trinajstić information content (AvgIpc) is 2.97. The normalized spacial score (nSPS) is 18.7. The molecule has 102 valence electrons. The summed E-state index contributed by atoms with van der Waals surface area (Å²) in [5, 5.41) is 3.33. The van der Waals surface area contributed by atoms with Crippen molar-refractivity contribution >= 4 is 11.6 Å². The second kappa shape index (κ2) is 5.61. The van der Waals surface area contributed by atoms with Gasteiger partial charge >= 0.3 is 0 Å². The Hall–Kier alpha value is -1.55. The maximum absolute atomic E-state index is 12.2. The number of hydroxylamine groups is 1. The number of benzene rings is 1. The zero-order chi connectivity index (χ0) is 13.1. The number of nitrogens with one attached hydrogen (secondary N) is 2. The van der Waals surface area contributed by atoms with E-state index in [0.717, 1.165) is 49.0 Å². The number of hydrogen-bond donors (Lipinski definition) is 2. The number of fused-ring (bicyclic) bond motifs is 1. The molecular formula is C15H20N2O2. The van der Waals surface area contributed by atoms with Crippen molar-refractivity contribution in [3.05, 3.63) is 29.3 Å². The van der Waals surface area contributed by atoms with Gasteiger partial charge in [0, 0.05) is 17.8 Å². The summed E-state index contributed by atoms with van der Waals surface area (Å²) in [5.74, 6) is -0.118. The molecule has 0 unspecified atom stereocenters. The molecule has 1 saturated carbocycles. The van der Waals surface area contributed by atoms with Crippen LogP contribution in [0.1, 0.15) is 48.0 Å². The largest absolute Gasteiger partial charge is 0.385 e. The SMILES string of the molecule is O=C(NOC1CCCC1)c1cccc2c1CCCN2. The molecule has 1 fully saturated rings. The lowest BCUT2D eigenvalue weighted by Crippen LogP contribution is -2.29. The van der Waals surface area contributed by atoms with Gasteiger partial charge in [-0.05, 0) is 43.4 Å². The molecule has 0 radical (unpaired) electrons. The summed E-state index contributed by atoms with van der Waals surface area (Å²) < 4.78 is 0. The van der Waals surface area contributed by atoms with E-state index in [4.69, 9.17) is 4.84 Å². The Morgan fingerprint density at radius 1 is 1.26 bits per heavy atom. The quantitative estimate of drug-likeness (QED) is 0.821. The summed E-state index contributed by atoms with van der Waals surface area (Å²) in [7, 11) is 0. The summed E-state index contributed by atoms with van der Waals surface area (Å²) in [5.41, 5.74) is 5.56. The molecule has 0 spiro atoms. The van der Waals surface area contributed by atoms with E-state index in [2.05, 4.69) is 10.8 Å². The Balaban J connectivity index is 1.68. The van der Waals surface area contributed by atoms with Crippen LogP contribution in [0.4, 0.5) is 5.69 Å². The van der Waals surface area contributed by atoms with Gasteiger partial charge in [-0.2, -0.15) is 0 Å². The van der Waals surface area contributed by atoms with E-state index in [1.165, 1.54) is 12.8 Å². The summed E-state index contributed by atoms with van der Waals surface area (Å²) in [6.45, 7) is 0.983. The van der Waals surface area contributed by atoms with Crippen LogP contribution in [-0.2, 0) is 11.3 Å². The van der Waals surface area contributed by atoms with Gasteiger partial charge in [0.25, 0.3) is 5.91 Å². The van der Waals surface area contributed by atoms with Gasteiger partial charge < -0.3 is 5.32 Å². The zero-order valence-corrected chi connectivity index (χ0v) is 11.1. The molecule has 0 saturated heterocycles. The monoisotopic (exact) mass is 260 g/mol. The van der Waals surface area contributed by atoms with Gasteiger partial charge in [-0.3, -0.25) is 9.63 Å². The van der Waals surface area contributed by atoms with Gasteiger partial charge in [-0.25, -0.2) is 5.48 Å². The van der Waals surface area contributed by atoms with E-state index in [-0.39, 0.29) is 12.0 Å². The number of anilines is 1. The van der Waals surface area contributed by atoms with Crippen LogP contribution in [0.3, 0.4) is 0 Å². The highest BCUT2D eigenvalue weighted by Gasteiger charge is 2.20. The molecule has 2 aliphatic rings. The first kappa shape index (κ1) is 12.5. The van der Waals surface area contributed by atoms with Crippen LogP contribution in [0.5, 0.6) is 0 Å². The second-order valence-corrected chi connectivity index (χ2v) is 5.32. The maximum atomic E-state index is 12.2. The minimum Gasteiger partial charge on any atom is -0.385 e. The second-order valence-electron chi connectivity index (χ2n) is 5.32. The molecule has 4 nitrogen and oxygen atoms in total. The number of amides is 1. The topological polar surface area (TPSA) is 50.4 Å². The van der Waals surface area contributed by atoms with E-state index in [9.17, 15) is 4.79 Å². The molecule has 1 heterocycles. The Morgan fingerprint density at radius 3 is 2.95 bits per heavy atom. The highest BCUT2D eigenvalue weighted by Crippen LogP contribution is 2.25. The fraction of sp³-hybridized carbons (Fsp3) is 0.533. The summed E-state index contributed by atoms with van der Waals surface area (Å²) >= 11 is 0. The Kier molecular flexibility index (Phi) is 3.69. The van der Waals surface area contributed by atoms with Crippen LogP contribution >= 0.6 is 0 Å². The van der Waals surface area contributed by atoms with E-state index in [1.54, 1.807) is 0 Å². The third-order valence-electron chi connectivity index (χ3n) is 3.96. The first-order chi connectivity index (χ1) is 9.34. The van der Waals surface area contributed by atoms with Crippen molar-refractivity contribution in [1.82, 2.24) is 5.48 Å². The van der Waals surface area contributed by atoms with E-state index in [0.29, 0.717) is 0 Å². The lowest BCUT2D eigenvalue weighted by atomic mass is 9.97. The molecule has 3 rings (SSSR count). The fourth-order valence-corrected chi connectivity index (χ4v) is 2.92. The molecule has 0 aromatic heterocycles. The molecular weight excluding hydrogens is 240 g/mol. The number of carbonyl (C=O) groups excluding carboxylic acids is 1. The lowest BCUT2D eigenvalue weighted by Gasteiger charge is -2.21. The molecule has 0 bridgehead atoms. The standard InChI is InChI=1S/C15H20N2O2/c18-15(17-19-11-5-1-2-6-11)13-7-3-9-14-12(13)8-4-10-16-14/h3,7,9,11,16H,1-2,4-6,8,10H2,(H,17,18). The average molecular weight is 260 g/mol. The minimum atomic E-state index is -0.118. The van der Waals surface area contributed by atoms with E-state index >= 15 is 0 Å². The number of rotatable bonds is 3. The molecule has 2 N–H and O–H groups in total. The zero-order valence-electron chi connectivity index (χ0n) is 11.1. The summed E-state index contributed by atoms with van der Waals surface area (Å²) in [6, 6.07) is 5.82. The van der Waals surface area contributed by atoms with Gasteiger partial charge in [0.05, 0.1) is 6.10 Å². The minimum absolute atomic E-state index is 0.118. The van der Waals surface area contributed by atoms with Crippen molar-refractivity contribution in [3.8, 4) is 0 Å². The van der Waals surface area contributed by atoms with Crippen molar-refractivity contribution in [1.29, 1.82) is 0 Å². The van der Waals surface area contributed by atoms with Crippen LogP contribution in [0.2, 0.25) is 0 Å². The first-order valence-corrected chi connectivity index (χ1v) is 7.16. The number of carbonyl (C=O) groups is 1. The number of hydrogen-bond acceptors (Lipinski definition) is 3. The first-order valence-electron chi connectivity index (χ1n) is 7.16. The van der Waals surface area contributed by atoms with Crippen LogP contribution in [0.15, 0.2) is 18.2 Å². The Labute approximate surface area is 113 Å². The fourth-order valence-electron chi connectivity index (χ4n) is 2.92. The van der Waals surface area contributed by atoms with Crippen LogP contribution in [-0.4, -0.2) is 18.6 Å². The molecule has 1 aliphatic carbocycles. The molecule has 1 amide bonds. The molecule has 19 heavy (non-hydrogen) atoms. The van der Waals surface area contributed by atoms with Crippen molar-refractivity contribution in [2.24, 2.45) is 0 Å². The lowest BCUT2D eigenvalue weighted by molar-refractivity contribution is -0.0125.